The molecule has 1 aromatic carbocycles. The molecule has 1 aliphatic heterocycles. The fourth-order valence-electron chi connectivity index (χ4n) is 3.12. The number of para-hydroxylation sites is 1. The number of carbonyl (C=O) groups is 1. The minimum atomic E-state index is 0.256. The highest BCUT2D eigenvalue weighted by atomic mass is 32.1. The van der Waals surface area contributed by atoms with E-state index in [9.17, 15) is 4.79 Å². The van der Waals surface area contributed by atoms with E-state index < -0.39 is 0 Å². The number of likely N-dealkylation sites (tertiary alicyclic amines) is 1. The molecule has 3 heterocycles. The molecule has 1 fully saturated rings. The summed E-state index contributed by atoms with van der Waals surface area (Å²) in [7, 11) is 0. The van der Waals surface area contributed by atoms with Crippen LogP contribution >= 0.6 is 22.7 Å². The molecule has 0 saturated carbocycles. The van der Waals surface area contributed by atoms with Gasteiger partial charge in [-0.2, -0.15) is 11.3 Å². The molecule has 23 heavy (non-hydrogen) atoms. The van der Waals surface area contributed by atoms with Gasteiger partial charge in [0.2, 0.25) is 5.91 Å². The molecule has 0 atom stereocenters. The number of rotatable bonds is 3. The molecule has 118 valence electrons. The Kier molecular flexibility index (Phi) is 4.14. The van der Waals surface area contributed by atoms with Crippen molar-refractivity contribution in [1.29, 1.82) is 0 Å². The first kappa shape index (κ1) is 14.8. The molecule has 2 aromatic heterocycles. The molecular formula is C18H18N2OS2. The van der Waals surface area contributed by atoms with Crippen LogP contribution in [0.1, 0.15) is 29.3 Å². The summed E-state index contributed by atoms with van der Waals surface area (Å²) >= 11 is 3.45. The highest BCUT2D eigenvalue weighted by Crippen LogP contribution is 2.33. The number of hydrogen-bond acceptors (Lipinski definition) is 4. The third-order valence-corrected chi connectivity index (χ3v) is 6.37. The van der Waals surface area contributed by atoms with Crippen molar-refractivity contribution in [3.63, 3.8) is 0 Å². The average Bonchev–Trinajstić information content (AvgIpc) is 3.24. The van der Waals surface area contributed by atoms with E-state index in [0.717, 1.165) is 37.0 Å². The molecule has 0 N–H and O–H groups in total. The summed E-state index contributed by atoms with van der Waals surface area (Å²) in [4.78, 5) is 19.2. The lowest BCUT2D eigenvalue weighted by Gasteiger charge is -2.31. The second-order valence-corrected chi connectivity index (χ2v) is 7.83. The second-order valence-electron chi connectivity index (χ2n) is 5.98. The van der Waals surface area contributed by atoms with Gasteiger partial charge in [-0.05, 0) is 47.4 Å². The molecule has 1 saturated heterocycles. The minimum absolute atomic E-state index is 0.256. The molecule has 0 unspecified atom stereocenters. The van der Waals surface area contributed by atoms with Crippen LogP contribution in [0.4, 0.5) is 0 Å². The molecule has 0 spiro atoms. The van der Waals surface area contributed by atoms with Crippen LogP contribution in [0.3, 0.4) is 0 Å². The van der Waals surface area contributed by atoms with Crippen LogP contribution in [0.25, 0.3) is 10.2 Å². The lowest BCUT2D eigenvalue weighted by Crippen LogP contribution is -2.38. The van der Waals surface area contributed by atoms with Crippen molar-refractivity contribution in [3.8, 4) is 0 Å². The Morgan fingerprint density at radius 3 is 2.78 bits per heavy atom. The van der Waals surface area contributed by atoms with Crippen molar-refractivity contribution in [2.45, 2.75) is 25.2 Å². The van der Waals surface area contributed by atoms with Crippen LogP contribution < -0.4 is 0 Å². The van der Waals surface area contributed by atoms with Crippen molar-refractivity contribution in [2.75, 3.05) is 13.1 Å². The first-order valence-electron chi connectivity index (χ1n) is 7.94. The summed E-state index contributed by atoms with van der Waals surface area (Å²) < 4.78 is 1.26. The van der Waals surface area contributed by atoms with Gasteiger partial charge in [-0.15, -0.1) is 11.3 Å². The third kappa shape index (κ3) is 3.16. The molecule has 1 amide bonds. The molecule has 3 aromatic rings. The number of carbonyl (C=O) groups excluding carboxylic acids is 1. The van der Waals surface area contributed by atoms with E-state index in [0.29, 0.717) is 12.3 Å². The fourth-order valence-corrected chi connectivity index (χ4v) is 4.93. The minimum Gasteiger partial charge on any atom is -0.342 e. The zero-order valence-corrected chi connectivity index (χ0v) is 14.4. The Hall–Kier alpha value is -1.72. The van der Waals surface area contributed by atoms with Crippen LogP contribution in [0, 0.1) is 0 Å². The Morgan fingerprint density at radius 1 is 1.22 bits per heavy atom. The number of aromatic nitrogens is 1. The number of nitrogens with zero attached hydrogens (tertiary/aromatic N) is 2. The summed E-state index contributed by atoms with van der Waals surface area (Å²) in [5, 5.41) is 5.32. The van der Waals surface area contributed by atoms with Crippen LogP contribution in [0.2, 0.25) is 0 Å². The van der Waals surface area contributed by atoms with Crippen molar-refractivity contribution < 1.29 is 4.79 Å². The maximum atomic E-state index is 12.4. The SMILES string of the molecule is O=C(Cc1ccsc1)N1CCC(c2nc3ccccc3s2)CC1. The van der Waals surface area contributed by atoms with Gasteiger partial charge in [-0.25, -0.2) is 4.98 Å². The van der Waals surface area contributed by atoms with E-state index in [-0.39, 0.29) is 5.91 Å². The monoisotopic (exact) mass is 342 g/mol. The highest BCUT2D eigenvalue weighted by molar-refractivity contribution is 7.18. The van der Waals surface area contributed by atoms with Gasteiger partial charge in [0.15, 0.2) is 0 Å². The van der Waals surface area contributed by atoms with Gasteiger partial charge >= 0.3 is 0 Å². The van der Waals surface area contributed by atoms with E-state index in [4.69, 9.17) is 4.98 Å². The van der Waals surface area contributed by atoms with Gasteiger partial charge in [-0.1, -0.05) is 12.1 Å². The first-order chi connectivity index (χ1) is 11.3. The standard InChI is InChI=1S/C18H18N2OS2/c21-17(11-13-7-10-22-12-13)20-8-5-14(6-9-20)18-19-15-3-1-2-4-16(15)23-18/h1-4,7,10,12,14H,5-6,8-9,11H2. The molecule has 4 rings (SSSR count). The Labute approximate surface area is 143 Å². The van der Waals surface area contributed by atoms with Crippen LogP contribution in [-0.2, 0) is 11.2 Å². The maximum absolute atomic E-state index is 12.4. The largest absolute Gasteiger partial charge is 0.342 e. The van der Waals surface area contributed by atoms with E-state index in [1.165, 1.54) is 9.71 Å². The van der Waals surface area contributed by atoms with Gasteiger partial charge in [0, 0.05) is 19.0 Å². The number of piperidine rings is 1. The second kappa shape index (κ2) is 6.42. The smallest absolute Gasteiger partial charge is 0.227 e. The summed E-state index contributed by atoms with van der Waals surface area (Å²) in [5.74, 6) is 0.753. The Morgan fingerprint density at radius 2 is 2.04 bits per heavy atom. The van der Waals surface area contributed by atoms with Gasteiger partial charge in [0.1, 0.15) is 0 Å². The van der Waals surface area contributed by atoms with E-state index in [1.807, 2.05) is 22.4 Å². The zero-order chi connectivity index (χ0) is 15.6. The number of hydrogen-bond donors (Lipinski definition) is 0. The number of fused-ring (bicyclic) bond motifs is 1. The van der Waals surface area contributed by atoms with E-state index in [1.54, 1.807) is 22.7 Å². The molecule has 0 aliphatic carbocycles. The van der Waals surface area contributed by atoms with Gasteiger partial charge in [0.25, 0.3) is 0 Å². The van der Waals surface area contributed by atoms with Crippen molar-refractivity contribution in [3.05, 3.63) is 51.7 Å². The summed E-state index contributed by atoms with van der Waals surface area (Å²) in [6.45, 7) is 1.70. The Balaban J connectivity index is 1.39. The molecule has 0 bridgehead atoms. The zero-order valence-electron chi connectivity index (χ0n) is 12.8. The molecule has 5 heteroatoms. The molecule has 0 radical (unpaired) electrons. The predicted molar refractivity (Wildman–Crippen MR) is 96.2 cm³/mol. The molecule has 3 nitrogen and oxygen atoms in total. The highest BCUT2D eigenvalue weighted by Gasteiger charge is 2.25. The predicted octanol–water partition coefficient (Wildman–Crippen LogP) is 4.31. The van der Waals surface area contributed by atoms with Crippen LogP contribution in [0.15, 0.2) is 41.1 Å². The maximum Gasteiger partial charge on any atom is 0.227 e. The summed E-state index contributed by atoms with van der Waals surface area (Å²) in [6.07, 6.45) is 2.58. The lowest BCUT2D eigenvalue weighted by atomic mass is 9.97. The average molecular weight is 342 g/mol. The topological polar surface area (TPSA) is 33.2 Å². The number of amides is 1. The normalized spacial score (nSPS) is 16.1. The summed E-state index contributed by atoms with van der Waals surface area (Å²) in [5.41, 5.74) is 2.23. The number of thiazole rings is 1. The number of thiophene rings is 1. The van der Waals surface area contributed by atoms with E-state index >= 15 is 0 Å². The van der Waals surface area contributed by atoms with Gasteiger partial charge < -0.3 is 4.90 Å². The van der Waals surface area contributed by atoms with Crippen LogP contribution in [-0.4, -0.2) is 28.9 Å². The van der Waals surface area contributed by atoms with Crippen molar-refractivity contribution in [2.24, 2.45) is 0 Å². The van der Waals surface area contributed by atoms with E-state index in [2.05, 4.69) is 23.6 Å². The summed E-state index contributed by atoms with van der Waals surface area (Å²) in [6, 6.07) is 10.4. The quantitative estimate of drug-likeness (QED) is 0.711. The van der Waals surface area contributed by atoms with Crippen LogP contribution in [0.5, 0.6) is 0 Å². The molecular weight excluding hydrogens is 324 g/mol. The first-order valence-corrected chi connectivity index (χ1v) is 9.70. The van der Waals surface area contributed by atoms with Gasteiger partial charge in [0.05, 0.1) is 21.6 Å². The Bertz CT molecular complexity index is 768. The van der Waals surface area contributed by atoms with Crippen molar-refractivity contribution in [1.82, 2.24) is 9.88 Å². The lowest BCUT2D eigenvalue weighted by molar-refractivity contribution is -0.131. The van der Waals surface area contributed by atoms with Gasteiger partial charge in [-0.3, -0.25) is 4.79 Å². The van der Waals surface area contributed by atoms with Crippen molar-refractivity contribution >= 4 is 38.8 Å². The third-order valence-electron chi connectivity index (χ3n) is 4.44. The fraction of sp³-hybridized carbons (Fsp3) is 0.333. The number of benzene rings is 1. The molecule has 1 aliphatic rings.